The van der Waals surface area contributed by atoms with E-state index >= 15 is 0 Å². The maximum absolute atomic E-state index is 13.3. The molecule has 0 aliphatic carbocycles. The van der Waals surface area contributed by atoms with Crippen molar-refractivity contribution in [1.82, 2.24) is 9.78 Å². The van der Waals surface area contributed by atoms with Crippen molar-refractivity contribution in [3.63, 3.8) is 0 Å². The quantitative estimate of drug-likeness (QED) is 0.232. The fourth-order valence-electron chi connectivity index (χ4n) is 4.23. The van der Waals surface area contributed by atoms with Crippen molar-refractivity contribution in [2.24, 2.45) is 0 Å². The minimum Gasteiger partial charge on any atom is -0.497 e. The van der Waals surface area contributed by atoms with Crippen LogP contribution in [0.4, 0.5) is 0 Å². The van der Waals surface area contributed by atoms with Crippen LogP contribution in [-0.2, 0) is 0 Å². The molecule has 36 heavy (non-hydrogen) atoms. The van der Waals surface area contributed by atoms with Gasteiger partial charge in [-0.1, -0.05) is 29.8 Å². The summed E-state index contributed by atoms with van der Waals surface area (Å²) in [5.41, 5.74) is 3.27. The predicted molar refractivity (Wildman–Crippen MR) is 140 cm³/mol. The summed E-state index contributed by atoms with van der Waals surface area (Å²) in [7, 11) is 3.15. The van der Waals surface area contributed by atoms with Crippen molar-refractivity contribution in [2.45, 2.75) is 25.7 Å². The predicted octanol–water partition coefficient (Wildman–Crippen LogP) is 6.48. The Morgan fingerprint density at radius 3 is 1.72 bits per heavy atom. The van der Waals surface area contributed by atoms with Crippen molar-refractivity contribution in [3.8, 4) is 17.2 Å². The van der Waals surface area contributed by atoms with Crippen molar-refractivity contribution in [2.75, 3.05) is 14.2 Å². The van der Waals surface area contributed by atoms with Gasteiger partial charge < -0.3 is 9.47 Å². The zero-order valence-corrected chi connectivity index (χ0v) is 21.2. The molecule has 4 rings (SSSR count). The number of rotatable bonds is 10. The number of aryl methyl sites for hydroxylation is 1. The molecule has 1 heterocycles. The number of carbonyl (C=O) groups is 2. The number of halogens is 1. The molecule has 6 nitrogen and oxygen atoms in total. The van der Waals surface area contributed by atoms with Crippen molar-refractivity contribution in [1.29, 1.82) is 0 Å². The fraction of sp³-hybridized carbons (Fsp3) is 0.207. The normalized spacial score (nSPS) is 10.9. The molecule has 0 radical (unpaired) electrons. The Morgan fingerprint density at radius 1 is 0.806 bits per heavy atom. The average molecular weight is 503 g/mol. The van der Waals surface area contributed by atoms with Crippen LogP contribution in [0, 0.1) is 6.92 Å². The Balaban J connectivity index is 1.68. The van der Waals surface area contributed by atoms with E-state index in [1.165, 1.54) is 0 Å². The SMILES string of the molecule is COc1ccc(C(=O)CC(CC(=O)c2ccc(OC)cc2)c2c(C)nn(-c3ccccc3)c2Cl)cc1. The molecule has 0 unspecified atom stereocenters. The van der Waals surface area contributed by atoms with Gasteiger partial charge in [-0.15, -0.1) is 0 Å². The minimum absolute atomic E-state index is 0.0897. The molecule has 0 spiro atoms. The summed E-state index contributed by atoms with van der Waals surface area (Å²) in [6.07, 6.45) is 0.213. The lowest BCUT2D eigenvalue weighted by atomic mass is 9.86. The van der Waals surface area contributed by atoms with E-state index in [1.54, 1.807) is 67.4 Å². The number of ketones is 2. The molecular formula is C29H27ClN2O4. The number of Topliss-reactive ketones (excluding diaryl/α,β-unsaturated/α-hetero) is 2. The summed E-state index contributed by atoms with van der Waals surface area (Å²) in [5.74, 6) is 0.696. The van der Waals surface area contributed by atoms with Crippen LogP contribution in [-0.4, -0.2) is 35.6 Å². The summed E-state index contributed by atoms with van der Waals surface area (Å²) in [6, 6.07) is 23.4. The van der Waals surface area contributed by atoms with Crippen molar-refractivity contribution >= 4 is 23.2 Å². The molecule has 184 valence electrons. The van der Waals surface area contributed by atoms with Gasteiger partial charge in [-0.3, -0.25) is 9.59 Å². The first-order valence-corrected chi connectivity index (χ1v) is 11.9. The van der Waals surface area contributed by atoms with E-state index in [9.17, 15) is 9.59 Å². The zero-order chi connectivity index (χ0) is 25.7. The van der Waals surface area contributed by atoms with Gasteiger partial charge in [-0.05, 0) is 67.6 Å². The number of aromatic nitrogens is 2. The fourth-order valence-corrected chi connectivity index (χ4v) is 4.66. The molecular weight excluding hydrogens is 476 g/mol. The number of benzene rings is 3. The van der Waals surface area contributed by atoms with Crippen LogP contribution in [0.2, 0.25) is 5.15 Å². The largest absolute Gasteiger partial charge is 0.497 e. The first kappa shape index (κ1) is 25.2. The summed E-state index contributed by atoms with van der Waals surface area (Å²) in [4.78, 5) is 26.6. The highest BCUT2D eigenvalue weighted by Crippen LogP contribution is 2.36. The number of para-hydroxylation sites is 1. The molecule has 0 atom stereocenters. The number of hydrogen-bond acceptors (Lipinski definition) is 5. The Hall–Kier alpha value is -3.90. The van der Waals surface area contributed by atoms with Gasteiger partial charge in [-0.2, -0.15) is 5.10 Å². The van der Waals surface area contributed by atoms with Crippen molar-refractivity contribution < 1.29 is 19.1 Å². The van der Waals surface area contributed by atoms with E-state index in [-0.39, 0.29) is 24.4 Å². The molecule has 0 amide bonds. The van der Waals surface area contributed by atoms with E-state index < -0.39 is 5.92 Å². The Kier molecular flexibility index (Phi) is 7.86. The number of ether oxygens (including phenoxy) is 2. The Labute approximate surface area is 215 Å². The highest BCUT2D eigenvalue weighted by molar-refractivity contribution is 6.30. The summed E-state index contributed by atoms with van der Waals surface area (Å²) in [5, 5.41) is 5.03. The standard InChI is InChI=1S/C29H27ClN2O4/c1-19-28(29(30)32(31-19)23-7-5-4-6-8-23)22(17-26(33)20-9-13-24(35-2)14-10-20)18-27(34)21-11-15-25(36-3)16-12-21/h4-16,22H,17-18H2,1-3H3. The minimum atomic E-state index is -0.459. The van der Waals surface area contributed by atoms with Crippen LogP contribution in [0.3, 0.4) is 0 Å². The van der Waals surface area contributed by atoms with Crippen LogP contribution >= 0.6 is 11.6 Å². The summed E-state index contributed by atoms with van der Waals surface area (Å²) < 4.78 is 12.0. The number of carbonyl (C=O) groups excluding carboxylic acids is 2. The van der Waals surface area contributed by atoms with Crippen LogP contribution < -0.4 is 9.47 Å². The van der Waals surface area contributed by atoms with Gasteiger partial charge in [0, 0.05) is 35.4 Å². The molecule has 0 saturated heterocycles. The van der Waals surface area contributed by atoms with Gasteiger partial charge in [0.2, 0.25) is 0 Å². The van der Waals surface area contributed by atoms with Gasteiger partial charge >= 0.3 is 0 Å². The molecule has 0 N–H and O–H groups in total. The second kappa shape index (κ2) is 11.2. The van der Waals surface area contributed by atoms with Gasteiger partial charge in [0.05, 0.1) is 25.6 Å². The summed E-state index contributed by atoms with van der Waals surface area (Å²) >= 11 is 6.84. The highest BCUT2D eigenvalue weighted by Gasteiger charge is 2.28. The van der Waals surface area contributed by atoms with Gasteiger partial charge in [0.1, 0.15) is 16.7 Å². The molecule has 1 aromatic heterocycles. The molecule has 3 aromatic carbocycles. The second-order valence-corrected chi connectivity index (χ2v) is 8.80. The van der Waals surface area contributed by atoms with Crippen LogP contribution in [0.5, 0.6) is 11.5 Å². The Morgan fingerprint density at radius 2 is 1.28 bits per heavy atom. The smallest absolute Gasteiger partial charge is 0.163 e. The molecule has 4 aromatic rings. The average Bonchev–Trinajstić information content (AvgIpc) is 3.22. The lowest BCUT2D eigenvalue weighted by Crippen LogP contribution is -2.14. The number of nitrogens with zero attached hydrogens (tertiary/aromatic N) is 2. The molecule has 0 aliphatic rings. The third kappa shape index (κ3) is 5.50. The lowest BCUT2D eigenvalue weighted by Gasteiger charge is -2.17. The molecule has 0 fully saturated rings. The monoisotopic (exact) mass is 502 g/mol. The maximum atomic E-state index is 13.3. The first-order valence-electron chi connectivity index (χ1n) is 11.6. The van der Waals surface area contributed by atoms with Crippen LogP contribution in [0.25, 0.3) is 5.69 Å². The third-order valence-electron chi connectivity index (χ3n) is 6.14. The summed E-state index contributed by atoms with van der Waals surface area (Å²) in [6.45, 7) is 1.85. The third-order valence-corrected chi connectivity index (χ3v) is 6.51. The van der Waals surface area contributed by atoms with Gasteiger partial charge in [-0.25, -0.2) is 4.68 Å². The van der Waals surface area contributed by atoms with E-state index in [4.69, 9.17) is 21.1 Å². The molecule has 0 bridgehead atoms. The van der Waals surface area contributed by atoms with Crippen LogP contribution in [0.1, 0.15) is 50.7 Å². The molecule has 7 heteroatoms. The van der Waals surface area contributed by atoms with E-state index in [1.807, 2.05) is 37.3 Å². The zero-order valence-electron chi connectivity index (χ0n) is 20.4. The second-order valence-electron chi connectivity index (χ2n) is 8.45. The topological polar surface area (TPSA) is 70.4 Å². The lowest BCUT2D eigenvalue weighted by molar-refractivity contribution is 0.0944. The molecule has 0 aliphatic heterocycles. The Bertz CT molecular complexity index is 1290. The van der Waals surface area contributed by atoms with Crippen molar-refractivity contribution in [3.05, 3.63) is 106 Å². The molecule has 0 saturated carbocycles. The number of hydrogen-bond donors (Lipinski definition) is 0. The number of methoxy groups -OCH3 is 2. The van der Waals surface area contributed by atoms with E-state index in [0.717, 1.165) is 5.69 Å². The van der Waals surface area contributed by atoms with Gasteiger partial charge in [0.15, 0.2) is 11.6 Å². The first-order chi connectivity index (χ1) is 17.4. The van der Waals surface area contributed by atoms with E-state index in [0.29, 0.717) is 39.0 Å². The highest BCUT2D eigenvalue weighted by atomic mass is 35.5. The maximum Gasteiger partial charge on any atom is 0.163 e. The van der Waals surface area contributed by atoms with E-state index in [2.05, 4.69) is 5.10 Å². The van der Waals surface area contributed by atoms with Crippen LogP contribution in [0.15, 0.2) is 78.9 Å². The van der Waals surface area contributed by atoms with Gasteiger partial charge in [0.25, 0.3) is 0 Å².